The molecule has 6 heteroatoms. The zero-order valence-electron chi connectivity index (χ0n) is 8.34. The first-order chi connectivity index (χ1) is 7.20. The number of anilines is 1. The van der Waals surface area contributed by atoms with Gasteiger partial charge in [-0.3, -0.25) is 0 Å². The molecule has 0 saturated carbocycles. The summed E-state index contributed by atoms with van der Waals surface area (Å²) in [6.07, 6.45) is 0.931. The Morgan fingerprint density at radius 2 is 2.53 bits per heavy atom. The van der Waals surface area contributed by atoms with Crippen molar-refractivity contribution in [3.8, 4) is 0 Å². The number of carbonyl (C=O) groups is 1. The van der Waals surface area contributed by atoms with E-state index in [1.807, 2.05) is 0 Å². The highest BCUT2D eigenvalue weighted by atomic mass is 16.5. The number of hydrogen-bond acceptors (Lipinski definition) is 6. The summed E-state index contributed by atoms with van der Waals surface area (Å²) in [6, 6.07) is 0.350. The lowest BCUT2D eigenvalue weighted by Crippen LogP contribution is -2.51. The number of nitrogens with zero attached hydrogens (tertiary/aromatic N) is 2. The van der Waals surface area contributed by atoms with Gasteiger partial charge in [-0.1, -0.05) is 0 Å². The number of esters is 1. The second kappa shape index (κ2) is 3.90. The van der Waals surface area contributed by atoms with Gasteiger partial charge in [0.05, 0.1) is 25.8 Å². The van der Waals surface area contributed by atoms with Gasteiger partial charge in [0.15, 0.2) is 5.69 Å². The van der Waals surface area contributed by atoms with Crippen molar-refractivity contribution in [2.24, 2.45) is 0 Å². The summed E-state index contributed by atoms with van der Waals surface area (Å²) in [5.74, 6) is -0.492. The number of aliphatic hydroxyl groups excluding tert-OH is 1. The first-order valence-electron chi connectivity index (χ1n) is 4.76. The van der Waals surface area contributed by atoms with E-state index in [2.05, 4.69) is 4.98 Å². The lowest BCUT2D eigenvalue weighted by molar-refractivity contribution is 0.0519. The molecule has 1 fully saturated rings. The highest BCUT2D eigenvalue weighted by Gasteiger charge is 2.28. The lowest BCUT2D eigenvalue weighted by atomic mass is 10.2. The number of hydrogen-bond donors (Lipinski definition) is 1. The van der Waals surface area contributed by atoms with Crippen molar-refractivity contribution in [3.63, 3.8) is 0 Å². The van der Waals surface area contributed by atoms with Gasteiger partial charge in [0.25, 0.3) is 6.01 Å². The highest BCUT2D eigenvalue weighted by molar-refractivity contribution is 5.87. The van der Waals surface area contributed by atoms with Gasteiger partial charge in [-0.2, -0.15) is 4.98 Å². The summed E-state index contributed by atoms with van der Waals surface area (Å²) in [5, 5.41) is 9.08. The molecule has 6 nitrogen and oxygen atoms in total. The fourth-order valence-electron chi connectivity index (χ4n) is 1.32. The van der Waals surface area contributed by atoms with Gasteiger partial charge in [-0.05, 0) is 6.92 Å². The number of aromatic nitrogens is 1. The number of aliphatic hydroxyl groups is 1. The summed E-state index contributed by atoms with van der Waals surface area (Å²) in [6.45, 7) is 3.01. The molecule has 0 aliphatic carbocycles. The quantitative estimate of drug-likeness (QED) is 0.712. The second-order valence-electron chi connectivity index (χ2n) is 3.29. The third kappa shape index (κ3) is 1.94. The van der Waals surface area contributed by atoms with Crippen LogP contribution < -0.4 is 4.90 Å². The van der Waals surface area contributed by atoms with Gasteiger partial charge in [0.2, 0.25) is 0 Å². The van der Waals surface area contributed by atoms with Crippen molar-refractivity contribution >= 4 is 12.0 Å². The third-order valence-electron chi connectivity index (χ3n) is 2.11. The summed E-state index contributed by atoms with van der Waals surface area (Å²) < 4.78 is 9.85. The maximum Gasteiger partial charge on any atom is 0.360 e. The Kier molecular flexibility index (Phi) is 2.59. The number of carbonyl (C=O) groups excluding carboxylic acids is 1. The van der Waals surface area contributed by atoms with Crippen LogP contribution in [0.3, 0.4) is 0 Å². The highest BCUT2D eigenvalue weighted by Crippen LogP contribution is 2.20. The minimum Gasteiger partial charge on any atom is -0.461 e. The maximum absolute atomic E-state index is 11.2. The summed E-state index contributed by atoms with van der Waals surface area (Å²) in [5.41, 5.74) is 0.160. The van der Waals surface area contributed by atoms with Crippen LogP contribution in [0.1, 0.15) is 17.4 Å². The average molecular weight is 212 g/mol. The summed E-state index contributed by atoms with van der Waals surface area (Å²) in [7, 11) is 0. The average Bonchev–Trinajstić information content (AvgIpc) is 2.62. The molecular weight excluding hydrogens is 200 g/mol. The Morgan fingerprint density at radius 1 is 1.80 bits per heavy atom. The standard InChI is InChI=1S/C9H12N2O4/c1-2-14-8(13)7-5-15-9(10-7)11-3-6(12)4-11/h5-6,12H,2-4H2,1H3. The Morgan fingerprint density at radius 3 is 3.13 bits per heavy atom. The van der Waals surface area contributed by atoms with Crippen LogP contribution >= 0.6 is 0 Å². The van der Waals surface area contributed by atoms with E-state index in [0.717, 1.165) is 0 Å². The molecule has 15 heavy (non-hydrogen) atoms. The van der Waals surface area contributed by atoms with E-state index in [9.17, 15) is 4.79 Å². The van der Waals surface area contributed by atoms with Crippen molar-refractivity contribution in [1.29, 1.82) is 0 Å². The molecule has 0 radical (unpaired) electrons. The van der Waals surface area contributed by atoms with Crippen molar-refractivity contribution in [2.45, 2.75) is 13.0 Å². The van der Waals surface area contributed by atoms with Gasteiger partial charge in [0, 0.05) is 0 Å². The van der Waals surface area contributed by atoms with Crippen LogP contribution in [0.2, 0.25) is 0 Å². The van der Waals surface area contributed by atoms with Crippen molar-refractivity contribution < 1.29 is 19.1 Å². The molecule has 0 unspecified atom stereocenters. The van der Waals surface area contributed by atoms with Crippen LogP contribution in [0, 0.1) is 0 Å². The molecule has 0 atom stereocenters. The monoisotopic (exact) mass is 212 g/mol. The van der Waals surface area contributed by atoms with Gasteiger partial charge in [0.1, 0.15) is 6.26 Å². The van der Waals surface area contributed by atoms with Gasteiger partial charge in [-0.15, -0.1) is 0 Å². The first-order valence-corrected chi connectivity index (χ1v) is 4.76. The van der Waals surface area contributed by atoms with E-state index < -0.39 is 5.97 Å². The molecule has 0 spiro atoms. The summed E-state index contributed by atoms with van der Waals surface area (Å²) in [4.78, 5) is 16.9. The first kappa shape index (κ1) is 9.97. The van der Waals surface area contributed by atoms with Crippen LogP contribution in [0.5, 0.6) is 0 Å². The molecular formula is C9H12N2O4. The molecule has 2 heterocycles. The van der Waals surface area contributed by atoms with Crippen molar-refractivity contribution in [2.75, 3.05) is 24.6 Å². The number of oxazole rings is 1. The molecule has 0 aromatic carbocycles. The van der Waals surface area contributed by atoms with Gasteiger partial charge in [-0.25, -0.2) is 4.79 Å². The topological polar surface area (TPSA) is 75.8 Å². The summed E-state index contributed by atoms with van der Waals surface area (Å²) >= 11 is 0. The molecule has 1 saturated heterocycles. The predicted octanol–water partition coefficient (Wildman–Crippen LogP) is 0.0322. The third-order valence-corrected chi connectivity index (χ3v) is 2.11. The molecule has 1 aliphatic rings. The normalized spacial score (nSPS) is 16.3. The Bertz CT molecular complexity index is 357. The number of ether oxygens (including phenoxy) is 1. The molecule has 1 aromatic rings. The Labute approximate surface area is 86.5 Å². The molecule has 1 aromatic heterocycles. The van der Waals surface area contributed by atoms with Crippen LogP contribution in [0.4, 0.5) is 6.01 Å². The minimum absolute atomic E-state index is 0.160. The molecule has 1 aliphatic heterocycles. The van der Waals surface area contributed by atoms with Crippen LogP contribution in [0.15, 0.2) is 10.7 Å². The number of β-amino-alcohol motifs (C(OH)–C–C–N with tert-alkyl or cyclic N) is 1. The van der Waals surface area contributed by atoms with E-state index in [0.29, 0.717) is 25.7 Å². The van der Waals surface area contributed by atoms with E-state index in [1.54, 1.807) is 11.8 Å². The molecule has 82 valence electrons. The van der Waals surface area contributed by atoms with Gasteiger partial charge < -0.3 is 19.2 Å². The maximum atomic E-state index is 11.2. The fourth-order valence-corrected chi connectivity index (χ4v) is 1.32. The largest absolute Gasteiger partial charge is 0.461 e. The SMILES string of the molecule is CCOC(=O)c1coc(N2CC(O)C2)n1. The smallest absolute Gasteiger partial charge is 0.360 e. The molecule has 2 rings (SSSR count). The van der Waals surface area contributed by atoms with E-state index >= 15 is 0 Å². The van der Waals surface area contributed by atoms with Crippen LogP contribution in [-0.2, 0) is 4.74 Å². The number of rotatable bonds is 3. The second-order valence-corrected chi connectivity index (χ2v) is 3.29. The zero-order chi connectivity index (χ0) is 10.8. The van der Waals surface area contributed by atoms with Crippen LogP contribution in [0.25, 0.3) is 0 Å². The molecule has 0 bridgehead atoms. The lowest BCUT2D eigenvalue weighted by Gasteiger charge is -2.34. The van der Waals surface area contributed by atoms with E-state index in [-0.39, 0.29) is 11.8 Å². The predicted molar refractivity (Wildman–Crippen MR) is 50.7 cm³/mol. The Balaban J connectivity index is 2.01. The fraction of sp³-hybridized carbons (Fsp3) is 0.556. The van der Waals surface area contributed by atoms with Crippen molar-refractivity contribution in [3.05, 3.63) is 12.0 Å². The minimum atomic E-state index is -0.492. The Hall–Kier alpha value is -1.56. The molecule has 0 amide bonds. The zero-order valence-corrected chi connectivity index (χ0v) is 8.34. The van der Waals surface area contributed by atoms with E-state index in [4.69, 9.17) is 14.3 Å². The molecule has 1 N–H and O–H groups in total. The van der Waals surface area contributed by atoms with Gasteiger partial charge >= 0.3 is 5.97 Å². The van der Waals surface area contributed by atoms with Crippen LogP contribution in [-0.4, -0.2) is 41.9 Å². The van der Waals surface area contributed by atoms with E-state index in [1.165, 1.54) is 6.26 Å². The van der Waals surface area contributed by atoms with Crippen molar-refractivity contribution in [1.82, 2.24) is 4.98 Å².